The molecule has 1 fully saturated rings. The van der Waals surface area contributed by atoms with E-state index in [-0.39, 0.29) is 6.42 Å². The minimum absolute atomic E-state index is 0.266. The van der Waals surface area contributed by atoms with E-state index in [4.69, 9.17) is 10.1 Å². The summed E-state index contributed by atoms with van der Waals surface area (Å²) in [7, 11) is 0. The van der Waals surface area contributed by atoms with Crippen molar-refractivity contribution >= 4 is 54.5 Å². The number of halogens is 2. The van der Waals surface area contributed by atoms with Gasteiger partial charge in [-0.05, 0) is 84.8 Å². The Morgan fingerprint density at radius 1 is 1.20 bits per heavy atom. The van der Waals surface area contributed by atoms with Gasteiger partial charge in [0.15, 0.2) is 0 Å². The van der Waals surface area contributed by atoms with Gasteiger partial charge < -0.3 is 14.6 Å². The molecule has 0 spiro atoms. The van der Waals surface area contributed by atoms with Crippen LogP contribution in [-0.2, 0) is 4.79 Å². The summed E-state index contributed by atoms with van der Waals surface area (Å²) in [4.78, 5) is 18.2. The SMILES string of the molecule is Cc1cc2c(c(C)cn2-c2ccc(Br)cc2Br)c(N2CCC(CCC(=O)O)CC2)n1. The Morgan fingerprint density at radius 3 is 2.60 bits per heavy atom. The minimum atomic E-state index is -0.699. The van der Waals surface area contributed by atoms with Gasteiger partial charge in [0.2, 0.25) is 0 Å². The molecule has 0 amide bonds. The van der Waals surface area contributed by atoms with Crippen molar-refractivity contribution in [2.45, 2.75) is 39.5 Å². The summed E-state index contributed by atoms with van der Waals surface area (Å²) in [6, 6.07) is 8.38. The van der Waals surface area contributed by atoms with Gasteiger partial charge in [-0.2, -0.15) is 0 Å². The smallest absolute Gasteiger partial charge is 0.303 e. The molecule has 1 saturated heterocycles. The van der Waals surface area contributed by atoms with Crippen molar-refractivity contribution in [3.05, 3.63) is 50.7 Å². The molecule has 0 saturated carbocycles. The van der Waals surface area contributed by atoms with Crippen molar-refractivity contribution in [3.8, 4) is 5.69 Å². The highest BCUT2D eigenvalue weighted by molar-refractivity contribution is 9.11. The molecule has 2 aromatic heterocycles. The zero-order chi connectivity index (χ0) is 21.4. The average Bonchev–Trinajstić information content (AvgIpc) is 3.02. The van der Waals surface area contributed by atoms with Gasteiger partial charge >= 0.3 is 5.97 Å². The second kappa shape index (κ2) is 8.71. The maximum Gasteiger partial charge on any atom is 0.303 e. The Balaban J connectivity index is 1.69. The summed E-state index contributed by atoms with van der Waals surface area (Å²) in [6.07, 6.45) is 5.25. The number of pyridine rings is 1. The number of fused-ring (bicyclic) bond motifs is 1. The van der Waals surface area contributed by atoms with Crippen molar-refractivity contribution in [2.75, 3.05) is 18.0 Å². The molecule has 1 aliphatic rings. The molecule has 0 atom stereocenters. The quantitative estimate of drug-likeness (QED) is 0.420. The maximum atomic E-state index is 10.9. The van der Waals surface area contributed by atoms with E-state index >= 15 is 0 Å². The maximum absolute atomic E-state index is 10.9. The molecule has 4 rings (SSSR count). The zero-order valence-corrected chi connectivity index (χ0v) is 20.3. The van der Waals surface area contributed by atoms with Crippen LogP contribution in [0, 0.1) is 19.8 Å². The molecule has 3 aromatic rings. The Kier molecular flexibility index (Phi) is 6.21. The normalized spacial score (nSPS) is 15.1. The highest BCUT2D eigenvalue weighted by atomic mass is 79.9. The van der Waals surface area contributed by atoms with Crippen LogP contribution in [0.4, 0.5) is 5.82 Å². The molecule has 1 aliphatic heterocycles. The fourth-order valence-corrected chi connectivity index (χ4v) is 5.64. The number of carboxylic acid groups (broad SMARTS) is 1. The number of anilines is 1. The van der Waals surface area contributed by atoms with Gasteiger partial charge in [-0.1, -0.05) is 15.9 Å². The van der Waals surface area contributed by atoms with Gasteiger partial charge in [0.25, 0.3) is 0 Å². The lowest BCUT2D eigenvalue weighted by Crippen LogP contribution is -2.34. The Bertz CT molecular complexity index is 1100. The fraction of sp³-hybridized carbons (Fsp3) is 0.391. The molecule has 158 valence electrons. The minimum Gasteiger partial charge on any atom is -0.481 e. The van der Waals surface area contributed by atoms with E-state index in [9.17, 15) is 4.79 Å². The second-order valence-corrected chi connectivity index (χ2v) is 9.89. The number of aryl methyl sites for hydroxylation is 2. The summed E-state index contributed by atoms with van der Waals surface area (Å²) in [5, 5.41) is 10.1. The van der Waals surface area contributed by atoms with E-state index in [0.717, 1.165) is 64.0 Å². The summed E-state index contributed by atoms with van der Waals surface area (Å²) >= 11 is 7.24. The molecule has 30 heavy (non-hydrogen) atoms. The first-order valence-electron chi connectivity index (χ1n) is 10.2. The van der Waals surface area contributed by atoms with Crippen molar-refractivity contribution in [2.24, 2.45) is 5.92 Å². The number of hydrogen-bond donors (Lipinski definition) is 1. The lowest BCUT2D eigenvalue weighted by molar-refractivity contribution is -0.137. The first-order chi connectivity index (χ1) is 14.3. The number of carbonyl (C=O) groups is 1. The highest BCUT2D eigenvalue weighted by Gasteiger charge is 2.24. The summed E-state index contributed by atoms with van der Waals surface area (Å²) in [5.74, 6) is 0.837. The van der Waals surface area contributed by atoms with E-state index in [2.05, 4.69) is 78.7 Å². The van der Waals surface area contributed by atoms with Crippen molar-refractivity contribution in [3.63, 3.8) is 0 Å². The van der Waals surface area contributed by atoms with Crippen molar-refractivity contribution in [1.82, 2.24) is 9.55 Å². The third-order valence-corrected chi connectivity index (χ3v) is 7.06. The van der Waals surface area contributed by atoms with Crippen LogP contribution in [-0.4, -0.2) is 33.7 Å². The van der Waals surface area contributed by atoms with Crippen LogP contribution in [0.15, 0.2) is 39.4 Å². The van der Waals surface area contributed by atoms with E-state index in [1.54, 1.807) is 0 Å². The number of carboxylic acids is 1. The topological polar surface area (TPSA) is 58.4 Å². The summed E-state index contributed by atoms with van der Waals surface area (Å²) in [5.41, 5.74) is 4.46. The van der Waals surface area contributed by atoms with Gasteiger partial charge in [-0.25, -0.2) is 4.98 Å². The molecule has 7 heteroatoms. The van der Waals surface area contributed by atoms with Gasteiger partial charge in [-0.15, -0.1) is 0 Å². The monoisotopic (exact) mass is 533 g/mol. The lowest BCUT2D eigenvalue weighted by atomic mass is 9.92. The van der Waals surface area contributed by atoms with E-state index in [1.165, 1.54) is 10.9 Å². The van der Waals surface area contributed by atoms with Gasteiger partial charge in [-0.3, -0.25) is 4.79 Å². The van der Waals surface area contributed by atoms with Gasteiger partial charge in [0.1, 0.15) is 5.82 Å². The first kappa shape index (κ1) is 21.4. The summed E-state index contributed by atoms with van der Waals surface area (Å²) in [6.45, 7) is 6.03. The van der Waals surface area contributed by atoms with Crippen LogP contribution in [0.25, 0.3) is 16.6 Å². The van der Waals surface area contributed by atoms with E-state index in [0.29, 0.717) is 5.92 Å². The van der Waals surface area contributed by atoms with Gasteiger partial charge in [0, 0.05) is 45.7 Å². The number of benzene rings is 1. The highest BCUT2D eigenvalue weighted by Crippen LogP contribution is 2.36. The predicted molar refractivity (Wildman–Crippen MR) is 128 cm³/mol. The van der Waals surface area contributed by atoms with E-state index in [1.807, 2.05) is 6.92 Å². The van der Waals surface area contributed by atoms with Crippen molar-refractivity contribution < 1.29 is 9.90 Å². The molecule has 0 aliphatic carbocycles. The Hall–Kier alpha value is -1.86. The van der Waals surface area contributed by atoms with Crippen molar-refractivity contribution in [1.29, 1.82) is 0 Å². The lowest BCUT2D eigenvalue weighted by Gasteiger charge is -2.33. The molecule has 0 radical (unpaired) electrons. The van der Waals surface area contributed by atoms with Crippen LogP contribution in [0.5, 0.6) is 0 Å². The van der Waals surface area contributed by atoms with Crippen LogP contribution in [0.3, 0.4) is 0 Å². The van der Waals surface area contributed by atoms with Gasteiger partial charge in [0.05, 0.1) is 11.2 Å². The Morgan fingerprint density at radius 2 is 1.93 bits per heavy atom. The number of rotatable bonds is 5. The van der Waals surface area contributed by atoms with E-state index < -0.39 is 5.97 Å². The third-order valence-electron chi connectivity index (χ3n) is 5.93. The molecular weight excluding hydrogens is 510 g/mol. The third kappa shape index (κ3) is 4.28. The number of piperidine rings is 1. The second-order valence-electron chi connectivity index (χ2n) is 8.12. The standard InChI is InChI=1S/C23H25Br2N3O2/c1-14-13-28(19-5-4-17(24)12-18(19)25)20-11-15(2)26-23(22(14)20)27-9-7-16(8-10-27)3-6-21(29)30/h4-5,11-13,16H,3,6-10H2,1-2H3,(H,29,30). The molecule has 1 N–H and O–H groups in total. The predicted octanol–water partition coefficient (Wildman–Crippen LogP) is 6.25. The fourth-order valence-electron chi connectivity index (χ4n) is 4.40. The molecule has 1 aromatic carbocycles. The zero-order valence-electron chi connectivity index (χ0n) is 17.2. The first-order valence-corrected chi connectivity index (χ1v) is 11.8. The molecule has 0 bridgehead atoms. The van der Waals surface area contributed by atoms with Crippen LogP contribution in [0.1, 0.15) is 36.9 Å². The molecular formula is C23H25Br2N3O2. The molecule has 3 heterocycles. The number of aromatic nitrogens is 2. The molecule has 0 unspecified atom stereocenters. The van der Waals surface area contributed by atoms with Crippen LogP contribution >= 0.6 is 31.9 Å². The average molecular weight is 535 g/mol. The number of nitrogens with zero attached hydrogens (tertiary/aromatic N) is 3. The van der Waals surface area contributed by atoms with Crippen LogP contribution in [0.2, 0.25) is 0 Å². The number of aliphatic carboxylic acids is 1. The van der Waals surface area contributed by atoms with Crippen LogP contribution < -0.4 is 4.90 Å². The molecule has 5 nitrogen and oxygen atoms in total. The Labute approximate surface area is 193 Å². The number of hydrogen-bond acceptors (Lipinski definition) is 3. The largest absolute Gasteiger partial charge is 0.481 e. The summed E-state index contributed by atoms with van der Waals surface area (Å²) < 4.78 is 4.30.